The molecule has 3 aromatic rings. The van der Waals surface area contributed by atoms with Gasteiger partial charge in [-0.2, -0.15) is 10.2 Å². The Labute approximate surface area is 218 Å². The van der Waals surface area contributed by atoms with E-state index in [1.54, 1.807) is 33.9 Å². The average Bonchev–Trinajstić information content (AvgIpc) is 3.59. The van der Waals surface area contributed by atoms with Gasteiger partial charge in [-0.05, 0) is 39.3 Å². The number of carbonyl (C=O) groups excluding carboxylic acids is 2. The van der Waals surface area contributed by atoms with Crippen molar-refractivity contribution in [1.82, 2.24) is 40.2 Å². The predicted molar refractivity (Wildman–Crippen MR) is 141 cm³/mol. The number of allylic oxidation sites excluding steroid dienone is 1. The van der Waals surface area contributed by atoms with E-state index in [9.17, 15) is 9.59 Å². The normalized spacial score (nSPS) is 20.3. The highest BCUT2D eigenvalue weighted by atomic mass is 32.1. The number of piperidine rings is 1. The fourth-order valence-corrected chi connectivity index (χ4v) is 5.66. The minimum absolute atomic E-state index is 0.0144. The number of amides is 2. The average molecular weight is 525 g/mol. The summed E-state index contributed by atoms with van der Waals surface area (Å²) in [4.78, 5) is 29.7. The molecule has 3 aromatic heterocycles. The van der Waals surface area contributed by atoms with E-state index in [1.165, 1.54) is 17.8 Å². The smallest absolute Gasteiger partial charge is 0.260 e. The molecule has 0 bridgehead atoms. The monoisotopic (exact) mass is 524 g/mol. The van der Waals surface area contributed by atoms with Crippen molar-refractivity contribution in [2.75, 3.05) is 19.7 Å². The lowest BCUT2D eigenvalue weighted by Crippen LogP contribution is -2.45. The number of carbonyl (C=O) groups is 2. The number of aliphatic hydroxyl groups is 1. The van der Waals surface area contributed by atoms with E-state index in [2.05, 4.69) is 38.0 Å². The summed E-state index contributed by atoms with van der Waals surface area (Å²) in [6, 6.07) is 0.278. The van der Waals surface area contributed by atoms with E-state index in [0.29, 0.717) is 36.1 Å². The van der Waals surface area contributed by atoms with Crippen LogP contribution in [0.15, 0.2) is 48.5 Å². The highest BCUT2D eigenvalue weighted by molar-refractivity contribution is 7.21. The van der Waals surface area contributed by atoms with Crippen LogP contribution in [0.1, 0.15) is 43.5 Å². The Morgan fingerprint density at radius 2 is 2.05 bits per heavy atom. The van der Waals surface area contributed by atoms with E-state index in [1.807, 2.05) is 19.3 Å². The number of thiazole rings is 1. The molecule has 2 aliphatic rings. The van der Waals surface area contributed by atoms with E-state index >= 15 is 0 Å². The molecule has 0 aliphatic carbocycles. The van der Waals surface area contributed by atoms with Gasteiger partial charge in [0.25, 0.3) is 5.91 Å². The Balaban J connectivity index is 1.26. The van der Waals surface area contributed by atoms with E-state index in [-0.39, 0.29) is 24.5 Å². The van der Waals surface area contributed by atoms with Gasteiger partial charge in [-0.3, -0.25) is 19.2 Å². The minimum Gasteiger partial charge on any atom is -0.394 e. The van der Waals surface area contributed by atoms with Gasteiger partial charge in [0, 0.05) is 35.9 Å². The lowest BCUT2D eigenvalue weighted by Gasteiger charge is -2.32. The Kier molecular flexibility index (Phi) is 7.40. The first-order valence-electron chi connectivity index (χ1n) is 12.5. The second kappa shape index (κ2) is 10.9. The molecule has 1 fully saturated rings. The Bertz CT molecular complexity index is 1350. The maximum Gasteiger partial charge on any atom is 0.260 e. The van der Waals surface area contributed by atoms with Crippen LogP contribution in [0.25, 0.3) is 15.3 Å². The fraction of sp³-hybridized carbons (Fsp3) is 0.440. The number of likely N-dealkylation sites (tertiary alicyclic amines) is 1. The summed E-state index contributed by atoms with van der Waals surface area (Å²) in [7, 11) is 0. The molecule has 2 unspecified atom stereocenters. The number of nitrogens with one attached hydrogen (secondary N) is 3. The van der Waals surface area contributed by atoms with Gasteiger partial charge in [0.1, 0.15) is 4.83 Å². The highest BCUT2D eigenvalue weighted by Gasteiger charge is 2.23. The first-order chi connectivity index (χ1) is 17.9. The number of hydrogen-bond donors (Lipinski definition) is 4. The van der Waals surface area contributed by atoms with E-state index in [0.717, 1.165) is 34.7 Å². The number of hydrogen-bond acceptors (Lipinski definition) is 8. The number of aliphatic hydroxyl groups excluding tert-OH is 1. The standard InChI is InChI=1S/C25H32N8O3S/c1-16-5-3-4-6-31(16)15-23(35)29-19-9-21(17(2)26-11-19)30-24(36)20-12-28-33-14-22(37-25(20)33)18-10-27-32(13-18)7-8-34/h9-14,16-17,26,34H,3-8,15H2,1-2H3,(H,29,35)(H,30,36). The molecule has 196 valence electrons. The molecule has 2 aliphatic heterocycles. The third-order valence-corrected chi connectivity index (χ3v) is 7.94. The molecule has 5 heterocycles. The quantitative estimate of drug-likeness (QED) is 0.353. The van der Waals surface area contributed by atoms with Crippen LogP contribution in [0, 0.1) is 0 Å². The first-order valence-corrected chi connectivity index (χ1v) is 13.4. The maximum atomic E-state index is 13.2. The van der Waals surface area contributed by atoms with Crippen molar-refractivity contribution in [1.29, 1.82) is 0 Å². The summed E-state index contributed by atoms with van der Waals surface area (Å²) in [5.74, 6) is -0.334. The van der Waals surface area contributed by atoms with Crippen molar-refractivity contribution in [3.05, 3.63) is 54.0 Å². The molecule has 0 spiro atoms. The molecule has 5 rings (SSSR count). The molecule has 1 saturated heterocycles. The lowest BCUT2D eigenvalue weighted by atomic mass is 10.0. The van der Waals surface area contributed by atoms with E-state index in [4.69, 9.17) is 5.11 Å². The number of rotatable bonds is 8. The molecule has 12 heteroatoms. The molecular weight excluding hydrogens is 492 g/mol. The summed E-state index contributed by atoms with van der Waals surface area (Å²) in [5, 5.41) is 26.9. The molecule has 11 nitrogen and oxygen atoms in total. The molecular formula is C25H32N8O3S. The molecule has 0 aromatic carbocycles. The van der Waals surface area contributed by atoms with Crippen molar-refractivity contribution < 1.29 is 14.7 Å². The summed E-state index contributed by atoms with van der Waals surface area (Å²) in [6.45, 7) is 5.84. The second-order valence-electron chi connectivity index (χ2n) is 9.52. The van der Waals surface area contributed by atoms with Crippen molar-refractivity contribution in [3.63, 3.8) is 0 Å². The molecule has 2 amide bonds. The van der Waals surface area contributed by atoms with Crippen LogP contribution in [0.4, 0.5) is 0 Å². The van der Waals surface area contributed by atoms with Gasteiger partial charge >= 0.3 is 0 Å². The Morgan fingerprint density at radius 1 is 1.19 bits per heavy atom. The molecule has 0 radical (unpaired) electrons. The van der Waals surface area contributed by atoms with Crippen LogP contribution in [0.5, 0.6) is 0 Å². The minimum atomic E-state index is -0.269. The van der Waals surface area contributed by atoms with Crippen molar-refractivity contribution >= 4 is 28.0 Å². The van der Waals surface area contributed by atoms with Crippen molar-refractivity contribution in [2.45, 2.75) is 51.7 Å². The van der Waals surface area contributed by atoms with Gasteiger partial charge in [0.15, 0.2) is 0 Å². The highest BCUT2D eigenvalue weighted by Crippen LogP contribution is 2.30. The van der Waals surface area contributed by atoms with Crippen molar-refractivity contribution in [3.8, 4) is 10.4 Å². The number of dihydropyridines is 1. The van der Waals surface area contributed by atoms with Gasteiger partial charge in [0.2, 0.25) is 5.91 Å². The first kappa shape index (κ1) is 25.2. The molecule has 2 atom stereocenters. The second-order valence-corrected chi connectivity index (χ2v) is 10.6. The largest absolute Gasteiger partial charge is 0.394 e. The van der Waals surface area contributed by atoms with Crippen LogP contribution >= 0.6 is 11.3 Å². The van der Waals surface area contributed by atoms with Gasteiger partial charge in [-0.1, -0.05) is 6.42 Å². The van der Waals surface area contributed by atoms with Gasteiger partial charge in [-0.25, -0.2) is 4.52 Å². The van der Waals surface area contributed by atoms with Crippen LogP contribution in [0.2, 0.25) is 0 Å². The summed E-state index contributed by atoms with van der Waals surface area (Å²) < 4.78 is 3.36. The number of aromatic nitrogens is 4. The van der Waals surface area contributed by atoms with Crippen molar-refractivity contribution in [2.24, 2.45) is 0 Å². The molecule has 4 N–H and O–H groups in total. The van der Waals surface area contributed by atoms with Crippen LogP contribution in [-0.2, 0) is 11.3 Å². The Morgan fingerprint density at radius 3 is 2.86 bits per heavy atom. The fourth-order valence-electron chi connectivity index (χ4n) is 4.62. The summed E-state index contributed by atoms with van der Waals surface area (Å²) in [5.41, 5.74) is 2.64. The SMILES string of the molecule is CC1NC=C(NC(=O)CN2CCCCC2C)C=C1NC(=O)c1cnn2cc(-c3cnn(CCO)c3)sc12. The van der Waals surface area contributed by atoms with Gasteiger partial charge < -0.3 is 21.1 Å². The Hall–Kier alpha value is -3.48. The summed E-state index contributed by atoms with van der Waals surface area (Å²) >= 11 is 1.45. The van der Waals surface area contributed by atoms with Crippen LogP contribution < -0.4 is 16.0 Å². The lowest BCUT2D eigenvalue weighted by molar-refractivity contribution is -0.122. The number of fused-ring (bicyclic) bond motifs is 1. The van der Waals surface area contributed by atoms with Crippen LogP contribution in [-0.4, -0.2) is 73.0 Å². The van der Waals surface area contributed by atoms with E-state index < -0.39 is 0 Å². The zero-order valence-corrected chi connectivity index (χ0v) is 21.8. The van der Waals surface area contributed by atoms with Gasteiger partial charge in [0.05, 0.1) is 54.3 Å². The van der Waals surface area contributed by atoms with Crippen LogP contribution in [0.3, 0.4) is 0 Å². The zero-order valence-electron chi connectivity index (χ0n) is 21.0. The molecule has 0 saturated carbocycles. The maximum absolute atomic E-state index is 13.2. The number of nitrogens with zero attached hydrogens (tertiary/aromatic N) is 5. The van der Waals surface area contributed by atoms with Gasteiger partial charge in [-0.15, -0.1) is 11.3 Å². The third-order valence-electron chi connectivity index (χ3n) is 6.78. The summed E-state index contributed by atoms with van der Waals surface area (Å²) in [6.07, 6.45) is 14.0. The third kappa shape index (κ3) is 5.60. The molecule has 37 heavy (non-hydrogen) atoms. The predicted octanol–water partition coefficient (Wildman–Crippen LogP) is 1.69. The zero-order chi connectivity index (χ0) is 25.9. The topological polar surface area (TPSA) is 129 Å².